The summed E-state index contributed by atoms with van der Waals surface area (Å²) in [6, 6.07) is 49.8. The van der Waals surface area contributed by atoms with Gasteiger partial charge in [-0.15, -0.1) is 0 Å². The molecular weight excluding hydrogens is 579 g/mol. The first kappa shape index (κ1) is 26.9. The van der Waals surface area contributed by atoms with Crippen LogP contribution in [-0.4, -0.2) is 15.7 Å². The van der Waals surface area contributed by atoms with Gasteiger partial charge in [0.15, 0.2) is 0 Å². The molecule has 6 aromatic carbocycles. The molecule has 2 heterocycles. The van der Waals surface area contributed by atoms with Gasteiger partial charge in [0.25, 0.3) is 5.69 Å². The minimum Gasteiger partial charge on any atom is -0.258 e. The summed E-state index contributed by atoms with van der Waals surface area (Å²) in [6.07, 6.45) is 0. The second kappa shape index (κ2) is 10.8. The summed E-state index contributed by atoms with van der Waals surface area (Å²) in [5.41, 5.74) is 6.47. The fourth-order valence-corrected chi connectivity index (χ4v) is 7.45. The molecule has 0 N–H and O–H groups in total. The molecule has 45 heavy (non-hydrogen) atoms. The van der Waals surface area contributed by atoms with Crippen LogP contribution in [0.25, 0.3) is 10.8 Å². The molecule has 1 spiro atoms. The zero-order valence-corrected chi connectivity index (χ0v) is 24.7. The third kappa shape index (κ3) is 4.38. The number of fused-ring (bicyclic) bond motifs is 3. The van der Waals surface area contributed by atoms with Crippen LogP contribution in [0.5, 0.6) is 0 Å². The van der Waals surface area contributed by atoms with E-state index in [-0.39, 0.29) is 10.6 Å². The highest BCUT2D eigenvalue weighted by Gasteiger charge is 2.55. The fourth-order valence-electron chi connectivity index (χ4n) is 6.05. The van der Waals surface area contributed by atoms with E-state index in [4.69, 9.17) is 10.2 Å². The number of anilines is 2. The summed E-state index contributed by atoms with van der Waals surface area (Å²) in [5, 5.41) is 29.4. The fraction of sp³-hybridized carbons (Fsp3) is 0.0270. The lowest BCUT2D eigenvalue weighted by atomic mass is 9.91. The molecule has 216 valence electrons. The van der Waals surface area contributed by atoms with E-state index in [1.807, 2.05) is 71.7 Å². The van der Waals surface area contributed by atoms with Gasteiger partial charge in [0.05, 0.1) is 22.0 Å². The molecule has 0 unspecified atom stereocenters. The maximum absolute atomic E-state index is 11.6. The van der Waals surface area contributed by atoms with E-state index in [1.54, 1.807) is 23.9 Å². The van der Waals surface area contributed by atoms with Crippen LogP contribution < -0.4 is 10.0 Å². The highest BCUT2D eigenvalue weighted by molar-refractivity contribution is 8.15. The SMILES string of the molecule is O=[N+]([O-])c1ccc(N2N=C(c3ccccc3)S[C@@]23c2ccccc2C(c2cccc4ccccc24)=NN3c2ccccc2)cc1. The maximum atomic E-state index is 11.6. The number of nitrogens with zero attached hydrogens (tertiary/aromatic N) is 5. The third-order valence-electron chi connectivity index (χ3n) is 8.11. The van der Waals surface area contributed by atoms with E-state index in [2.05, 4.69) is 65.7 Å². The van der Waals surface area contributed by atoms with Crippen LogP contribution >= 0.6 is 11.8 Å². The van der Waals surface area contributed by atoms with Crippen molar-refractivity contribution in [3.8, 4) is 0 Å². The molecule has 0 bridgehead atoms. The molecule has 0 fully saturated rings. The van der Waals surface area contributed by atoms with Crippen LogP contribution in [0.3, 0.4) is 0 Å². The highest BCUT2D eigenvalue weighted by atomic mass is 32.2. The Bertz CT molecular complexity index is 2130. The number of non-ortho nitro benzene ring substituents is 1. The Labute approximate surface area is 263 Å². The number of hydrogen-bond acceptors (Lipinski definition) is 7. The molecule has 0 aliphatic carbocycles. The minimum atomic E-state index is -0.993. The number of para-hydroxylation sites is 1. The molecule has 2 aliphatic rings. The first-order valence-electron chi connectivity index (χ1n) is 14.5. The van der Waals surface area contributed by atoms with Gasteiger partial charge in [-0.05, 0) is 46.8 Å². The van der Waals surface area contributed by atoms with E-state index >= 15 is 0 Å². The summed E-state index contributed by atoms with van der Waals surface area (Å²) < 4.78 is 0. The Balaban J connectivity index is 1.42. The van der Waals surface area contributed by atoms with Gasteiger partial charge in [0.2, 0.25) is 4.99 Å². The first-order valence-corrected chi connectivity index (χ1v) is 15.3. The number of benzene rings is 6. The molecule has 6 aromatic rings. The van der Waals surface area contributed by atoms with E-state index in [1.165, 1.54) is 12.1 Å². The minimum absolute atomic E-state index is 0.0205. The molecule has 2 aliphatic heterocycles. The van der Waals surface area contributed by atoms with Crippen LogP contribution in [0.15, 0.2) is 162 Å². The maximum Gasteiger partial charge on any atom is 0.269 e. The van der Waals surface area contributed by atoms with Crippen molar-refractivity contribution in [2.24, 2.45) is 10.2 Å². The van der Waals surface area contributed by atoms with Gasteiger partial charge >= 0.3 is 0 Å². The van der Waals surface area contributed by atoms with Crippen LogP contribution in [0.2, 0.25) is 0 Å². The largest absolute Gasteiger partial charge is 0.269 e. The average molecular weight is 604 g/mol. The Morgan fingerprint density at radius 1 is 0.600 bits per heavy atom. The normalized spacial score (nSPS) is 17.2. The standard InChI is InChI=1S/C37H25N5O2S/c43-42(44)30-24-22-29(23-25-30)41-37(45-36(39-41)27-13-3-1-4-14-27)34-21-10-9-19-33(34)35(38-40(37)28-16-5-2-6-17-28)32-20-11-15-26-12-7-8-18-31(26)32/h1-25H/t37-/m1/s1. The summed E-state index contributed by atoms with van der Waals surface area (Å²) in [7, 11) is 0. The summed E-state index contributed by atoms with van der Waals surface area (Å²) in [4.78, 5) is 10.2. The smallest absolute Gasteiger partial charge is 0.258 e. The van der Waals surface area contributed by atoms with Gasteiger partial charge in [-0.2, -0.15) is 10.2 Å². The van der Waals surface area contributed by atoms with Crippen molar-refractivity contribution in [3.05, 3.63) is 184 Å². The highest BCUT2D eigenvalue weighted by Crippen LogP contribution is 2.56. The van der Waals surface area contributed by atoms with Gasteiger partial charge in [-0.3, -0.25) is 10.1 Å². The summed E-state index contributed by atoms with van der Waals surface area (Å²) in [5.74, 6) is 0. The van der Waals surface area contributed by atoms with Crippen molar-refractivity contribution >= 4 is 50.4 Å². The van der Waals surface area contributed by atoms with Crippen molar-refractivity contribution in [2.45, 2.75) is 4.99 Å². The Morgan fingerprint density at radius 2 is 1.20 bits per heavy atom. The van der Waals surface area contributed by atoms with E-state index in [0.29, 0.717) is 5.69 Å². The monoisotopic (exact) mass is 603 g/mol. The predicted octanol–water partition coefficient (Wildman–Crippen LogP) is 8.75. The lowest BCUT2D eigenvalue weighted by Crippen LogP contribution is -2.54. The van der Waals surface area contributed by atoms with E-state index in [0.717, 1.165) is 49.5 Å². The van der Waals surface area contributed by atoms with Gasteiger partial charge < -0.3 is 0 Å². The quantitative estimate of drug-likeness (QED) is 0.146. The molecule has 0 saturated carbocycles. The number of nitro groups is 1. The predicted molar refractivity (Wildman–Crippen MR) is 183 cm³/mol. The van der Waals surface area contributed by atoms with Crippen molar-refractivity contribution in [2.75, 3.05) is 10.0 Å². The molecule has 0 saturated heterocycles. The van der Waals surface area contributed by atoms with Crippen LogP contribution in [0, 0.1) is 10.1 Å². The Hall–Kier alpha value is -5.73. The van der Waals surface area contributed by atoms with Gasteiger partial charge in [-0.25, -0.2) is 10.0 Å². The van der Waals surface area contributed by atoms with Gasteiger partial charge in [-0.1, -0.05) is 115 Å². The lowest BCUT2D eigenvalue weighted by molar-refractivity contribution is -0.384. The van der Waals surface area contributed by atoms with Crippen LogP contribution in [0.1, 0.15) is 22.3 Å². The summed E-state index contributed by atoms with van der Waals surface area (Å²) in [6.45, 7) is 0. The molecule has 0 aromatic heterocycles. The molecule has 0 radical (unpaired) electrons. The average Bonchev–Trinajstić information content (AvgIpc) is 3.50. The Morgan fingerprint density at radius 3 is 1.98 bits per heavy atom. The third-order valence-corrected chi connectivity index (χ3v) is 9.47. The van der Waals surface area contributed by atoms with Gasteiger partial charge in [0.1, 0.15) is 5.04 Å². The number of hydrogen-bond donors (Lipinski definition) is 0. The number of hydrazone groups is 2. The molecule has 8 rings (SSSR count). The van der Waals surface area contributed by atoms with Crippen LogP contribution in [0.4, 0.5) is 17.1 Å². The van der Waals surface area contributed by atoms with Crippen molar-refractivity contribution in [1.29, 1.82) is 0 Å². The zero-order chi connectivity index (χ0) is 30.4. The van der Waals surface area contributed by atoms with Gasteiger partial charge in [0, 0.05) is 34.4 Å². The molecular formula is C37H25N5O2S. The van der Waals surface area contributed by atoms with E-state index < -0.39 is 4.99 Å². The molecule has 7 nitrogen and oxygen atoms in total. The Kier molecular flexibility index (Phi) is 6.43. The zero-order valence-electron chi connectivity index (χ0n) is 23.9. The molecule has 0 amide bonds. The number of nitro benzene ring substituents is 1. The number of rotatable bonds is 5. The lowest BCUT2D eigenvalue weighted by Gasteiger charge is -2.47. The summed E-state index contributed by atoms with van der Waals surface area (Å²) >= 11 is 1.61. The van der Waals surface area contributed by atoms with Crippen molar-refractivity contribution in [1.82, 2.24) is 0 Å². The van der Waals surface area contributed by atoms with Crippen molar-refractivity contribution in [3.63, 3.8) is 0 Å². The second-order valence-electron chi connectivity index (χ2n) is 10.7. The molecule has 1 atom stereocenters. The van der Waals surface area contributed by atoms with Crippen molar-refractivity contribution < 1.29 is 4.92 Å². The van der Waals surface area contributed by atoms with Crippen LogP contribution in [-0.2, 0) is 4.99 Å². The van der Waals surface area contributed by atoms with E-state index in [9.17, 15) is 10.1 Å². The second-order valence-corrected chi connectivity index (χ2v) is 11.9. The number of thioether (sulfide) groups is 1. The first-order chi connectivity index (χ1) is 22.1. The molecule has 8 heteroatoms. The topological polar surface area (TPSA) is 74.3 Å².